The fraction of sp³-hybridized carbons (Fsp3) is 0.0588. The van der Waals surface area contributed by atoms with Gasteiger partial charge in [-0.2, -0.15) is 5.26 Å². The van der Waals surface area contributed by atoms with Crippen LogP contribution < -0.4 is 4.74 Å². The van der Waals surface area contributed by atoms with E-state index >= 15 is 0 Å². The predicted molar refractivity (Wildman–Crippen MR) is 95.5 cm³/mol. The molecule has 0 radical (unpaired) electrons. The summed E-state index contributed by atoms with van der Waals surface area (Å²) in [7, 11) is 1.48. The number of methoxy groups -OCH3 is 1. The van der Waals surface area contributed by atoms with E-state index in [0.717, 1.165) is 10.2 Å². The van der Waals surface area contributed by atoms with Crippen LogP contribution in [0.15, 0.2) is 40.9 Å². The minimum absolute atomic E-state index is 0.00263. The molecule has 3 rings (SSSR count). The highest BCUT2D eigenvalue weighted by Gasteiger charge is 2.13. The molecular formula is C17H11BrN2O2S. The average molecular weight is 387 g/mol. The number of benzene rings is 2. The molecular weight excluding hydrogens is 376 g/mol. The lowest BCUT2D eigenvalue weighted by Gasteiger charge is -2.07. The molecule has 1 N–H and O–H groups in total. The number of aromatic nitrogens is 1. The molecule has 3 aromatic rings. The molecule has 2 aromatic carbocycles. The molecule has 0 aliphatic carbocycles. The highest BCUT2D eigenvalue weighted by molar-refractivity contribution is 9.10. The van der Waals surface area contributed by atoms with Crippen molar-refractivity contribution in [1.82, 2.24) is 4.98 Å². The molecule has 0 saturated heterocycles. The van der Waals surface area contributed by atoms with Gasteiger partial charge in [-0.1, -0.05) is 12.1 Å². The minimum atomic E-state index is 0.00263. The smallest absolute Gasteiger partial charge is 0.172 e. The summed E-state index contributed by atoms with van der Waals surface area (Å²) in [6.45, 7) is 0. The van der Waals surface area contributed by atoms with Crippen molar-refractivity contribution in [3.63, 3.8) is 0 Å². The van der Waals surface area contributed by atoms with E-state index in [9.17, 15) is 10.4 Å². The third-order valence-electron chi connectivity index (χ3n) is 3.27. The molecule has 114 valence electrons. The number of fused-ring (bicyclic) bond motifs is 1. The average Bonchev–Trinajstić information content (AvgIpc) is 3.00. The molecule has 0 unspecified atom stereocenters. The number of allylic oxidation sites excluding steroid dienone is 1. The standard InChI is InChI=1S/C17H11BrN2O2S/c1-22-13-7-6-10(15(18)16(13)21)8-11(9-19)17-20-12-4-2-3-5-14(12)23-17/h2-8,21H,1H3/b11-8-. The molecule has 0 bridgehead atoms. The lowest BCUT2D eigenvalue weighted by molar-refractivity contribution is 0.372. The summed E-state index contributed by atoms with van der Waals surface area (Å²) < 4.78 is 6.57. The van der Waals surface area contributed by atoms with Crippen LogP contribution in [-0.2, 0) is 0 Å². The second kappa shape index (κ2) is 6.41. The van der Waals surface area contributed by atoms with Gasteiger partial charge in [0.1, 0.15) is 11.1 Å². The van der Waals surface area contributed by atoms with E-state index in [1.165, 1.54) is 18.4 Å². The van der Waals surface area contributed by atoms with Crippen molar-refractivity contribution in [3.05, 3.63) is 51.4 Å². The van der Waals surface area contributed by atoms with Crippen LogP contribution in [0.2, 0.25) is 0 Å². The van der Waals surface area contributed by atoms with Crippen LogP contribution in [0.25, 0.3) is 21.9 Å². The number of halogens is 1. The number of ether oxygens (including phenoxy) is 1. The number of nitrogens with zero attached hydrogens (tertiary/aromatic N) is 2. The van der Waals surface area contributed by atoms with Crippen molar-refractivity contribution in [2.75, 3.05) is 7.11 Å². The summed E-state index contributed by atoms with van der Waals surface area (Å²) in [5.41, 5.74) is 1.99. The molecule has 0 atom stereocenters. The molecule has 23 heavy (non-hydrogen) atoms. The number of hydrogen-bond acceptors (Lipinski definition) is 5. The molecule has 0 fully saturated rings. The summed E-state index contributed by atoms with van der Waals surface area (Å²) >= 11 is 4.80. The first-order chi connectivity index (χ1) is 11.1. The molecule has 0 spiro atoms. The van der Waals surface area contributed by atoms with E-state index in [1.54, 1.807) is 18.2 Å². The van der Waals surface area contributed by atoms with Gasteiger partial charge in [-0.05, 0) is 51.8 Å². The van der Waals surface area contributed by atoms with Gasteiger partial charge in [0.15, 0.2) is 11.5 Å². The molecule has 1 heterocycles. The number of nitriles is 1. The van der Waals surface area contributed by atoms with Gasteiger partial charge in [0.25, 0.3) is 0 Å². The molecule has 0 aliphatic rings. The van der Waals surface area contributed by atoms with E-state index in [2.05, 4.69) is 27.0 Å². The number of thiazole rings is 1. The lowest BCUT2D eigenvalue weighted by Crippen LogP contribution is -1.87. The lowest BCUT2D eigenvalue weighted by atomic mass is 10.1. The Hall–Kier alpha value is -2.36. The molecule has 0 amide bonds. The number of rotatable bonds is 3. The quantitative estimate of drug-likeness (QED) is 0.654. The fourth-order valence-corrected chi connectivity index (χ4v) is 3.50. The van der Waals surface area contributed by atoms with Gasteiger partial charge >= 0.3 is 0 Å². The molecule has 0 aliphatic heterocycles. The Bertz CT molecular complexity index is 924. The first-order valence-electron chi connectivity index (χ1n) is 6.67. The first-order valence-corrected chi connectivity index (χ1v) is 8.28. The van der Waals surface area contributed by atoms with Gasteiger partial charge in [-0.25, -0.2) is 4.98 Å². The van der Waals surface area contributed by atoms with Crippen molar-refractivity contribution >= 4 is 49.1 Å². The molecule has 1 aromatic heterocycles. The summed E-state index contributed by atoms with van der Waals surface area (Å²) in [4.78, 5) is 4.49. The summed E-state index contributed by atoms with van der Waals surface area (Å²) in [6, 6.07) is 13.3. The van der Waals surface area contributed by atoms with Gasteiger partial charge in [-0.3, -0.25) is 0 Å². The predicted octanol–water partition coefficient (Wildman–Crippen LogP) is 4.84. The van der Waals surface area contributed by atoms with E-state index in [4.69, 9.17) is 4.74 Å². The normalized spacial score (nSPS) is 11.4. The van der Waals surface area contributed by atoms with E-state index in [1.807, 2.05) is 24.3 Å². The maximum atomic E-state index is 10.1. The van der Waals surface area contributed by atoms with Gasteiger partial charge in [-0.15, -0.1) is 11.3 Å². The number of para-hydroxylation sites is 1. The maximum Gasteiger partial charge on any atom is 0.172 e. The van der Waals surface area contributed by atoms with Crippen molar-refractivity contribution in [3.8, 4) is 17.6 Å². The van der Waals surface area contributed by atoms with E-state index < -0.39 is 0 Å². The zero-order valence-electron chi connectivity index (χ0n) is 12.1. The highest BCUT2D eigenvalue weighted by atomic mass is 79.9. The zero-order valence-corrected chi connectivity index (χ0v) is 14.5. The van der Waals surface area contributed by atoms with Crippen LogP contribution in [0.1, 0.15) is 10.6 Å². The van der Waals surface area contributed by atoms with Crippen LogP contribution >= 0.6 is 27.3 Å². The van der Waals surface area contributed by atoms with E-state index in [0.29, 0.717) is 26.4 Å². The van der Waals surface area contributed by atoms with Crippen LogP contribution in [-0.4, -0.2) is 17.2 Å². The topological polar surface area (TPSA) is 66.1 Å². The van der Waals surface area contributed by atoms with Gasteiger partial charge in [0.05, 0.1) is 27.4 Å². The van der Waals surface area contributed by atoms with Crippen LogP contribution in [0, 0.1) is 11.3 Å². The Morgan fingerprint density at radius 2 is 2.13 bits per heavy atom. The monoisotopic (exact) mass is 386 g/mol. The van der Waals surface area contributed by atoms with Crippen LogP contribution in [0.3, 0.4) is 0 Å². The Morgan fingerprint density at radius 1 is 1.35 bits per heavy atom. The maximum absolute atomic E-state index is 10.1. The van der Waals surface area contributed by atoms with Crippen molar-refractivity contribution in [1.29, 1.82) is 5.26 Å². The summed E-state index contributed by atoms with van der Waals surface area (Å²) in [5.74, 6) is 0.371. The zero-order chi connectivity index (χ0) is 16.4. The third-order valence-corrected chi connectivity index (χ3v) is 5.18. The summed E-state index contributed by atoms with van der Waals surface area (Å²) in [6.07, 6.45) is 1.70. The fourth-order valence-electron chi connectivity index (χ4n) is 2.12. The second-order valence-corrected chi connectivity index (χ2v) is 6.50. The Balaban J connectivity index is 2.09. The van der Waals surface area contributed by atoms with Gasteiger partial charge in [0, 0.05) is 0 Å². The minimum Gasteiger partial charge on any atom is -0.503 e. The molecule has 4 nitrogen and oxygen atoms in total. The second-order valence-electron chi connectivity index (χ2n) is 4.68. The van der Waals surface area contributed by atoms with Crippen molar-refractivity contribution < 1.29 is 9.84 Å². The Morgan fingerprint density at radius 3 is 2.83 bits per heavy atom. The third kappa shape index (κ3) is 2.93. The van der Waals surface area contributed by atoms with Crippen LogP contribution in [0.5, 0.6) is 11.5 Å². The Kier molecular flexibility index (Phi) is 4.33. The number of hydrogen-bond donors (Lipinski definition) is 1. The highest BCUT2D eigenvalue weighted by Crippen LogP contribution is 2.38. The first kappa shape index (κ1) is 15.5. The van der Waals surface area contributed by atoms with E-state index in [-0.39, 0.29) is 5.75 Å². The Labute approximate surface area is 145 Å². The SMILES string of the molecule is COc1ccc(/C=C(/C#N)c2nc3ccccc3s2)c(Br)c1O. The molecule has 6 heteroatoms. The van der Waals surface area contributed by atoms with Gasteiger partial charge in [0.2, 0.25) is 0 Å². The van der Waals surface area contributed by atoms with Crippen molar-refractivity contribution in [2.24, 2.45) is 0 Å². The number of phenolic OH excluding ortho intramolecular Hbond substituents is 1. The van der Waals surface area contributed by atoms with Gasteiger partial charge < -0.3 is 9.84 Å². The van der Waals surface area contributed by atoms with Crippen LogP contribution in [0.4, 0.5) is 0 Å². The van der Waals surface area contributed by atoms with Crippen molar-refractivity contribution in [2.45, 2.75) is 0 Å². The number of aromatic hydroxyl groups is 1. The summed E-state index contributed by atoms with van der Waals surface area (Å²) in [5, 5.41) is 20.2. The molecule has 0 saturated carbocycles. The number of phenols is 1. The largest absolute Gasteiger partial charge is 0.503 e.